The van der Waals surface area contributed by atoms with Crippen molar-refractivity contribution in [3.05, 3.63) is 0 Å². The van der Waals surface area contributed by atoms with Crippen LogP contribution in [0.4, 0.5) is 0 Å². The highest BCUT2D eigenvalue weighted by molar-refractivity contribution is 5.76. The number of hydrogen-bond acceptors (Lipinski definition) is 3. The van der Waals surface area contributed by atoms with Gasteiger partial charge in [0, 0.05) is 25.6 Å². The number of piperidine rings is 1. The van der Waals surface area contributed by atoms with Gasteiger partial charge in [0.1, 0.15) is 0 Å². The van der Waals surface area contributed by atoms with Crippen molar-refractivity contribution in [1.29, 1.82) is 0 Å². The summed E-state index contributed by atoms with van der Waals surface area (Å²) < 4.78 is 0. The number of hydrogen-bond donors (Lipinski definition) is 1. The molecule has 3 aliphatic rings. The van der Waals surface area contributed by atoms with Gasteiger partial charge in [0.15, 0.2) is 0 Å². The van der Waals surface area contributed by atoms with Gasteiger partial charge in [-0.2, -0.15) is 0 Å². The predicted molar refractivity (Wildman–Crippen MR) is 71.4 cm³/mol. The van der Waals surface area contributed by atoms with E-state index in [1.54, 1.807) is 0 Å². The van der Waals surface area contributed by atoms with E-state index < -0.39 is 0 Å². The maximum atomic E-state index is 12.1. The van der Waals surface area contributed by atoms with Crippen LogP contribution in [0.1, 0.15) is 32.1 Å². The lowest BCUT2D eigenvalue weighted by molar-refractivity contribution is -0.134. The molecule has 0 bridgehead atoms. The fraction of sp³-hybridized carbons (Fsp3) is 0.929. The van der Waals surface area contributed by atoms with E-state index in [1.807, 2.05) is 0 Å². The van der Waals surface area contributed by atoms with Crippen LogP contribution in [0.25, 0.3) is 0 Å². The van der Waals surface area contributed by atoms with Gasteiger partial charge in [-0.05, 0) is 57.8 Å². The van der Waals surface area contributed by atoms with Crippen molar-refractivity contribution in [2.45, 2.75) is 38.1 Å². The summed E-state index contributed by atoms with van der Waals surface area (Å²) in [6.07, 6.45) is 5.88. The summed E-state index contributed by atoms with van der Waals surface area (Å²) in [6.45, 7) is 6.62. The second-order valence-corrected chi connectivity index (χ2v) is 6.08. The molecule has 18 heavy (non-hydrogen) atoms. The van der Waals surface area contributed by atoms with Crippen molar-refractivity contribution >= 4 is 5.91 Å². The molecule has 3 heterocycles. The maximum absolute atomic E-state index is 12.1. The lowest BCUT2D eigenvalue weighted by Gasteiger charge is -2.37. The molecule has 0 aliphatic carbocycles. The Morgan fingerprint density at radius 3 is 2.28 bits per heavy atom. The third-order valence-corrected chi connectivity index (χ3v) is 4.80. The summed E-state index contributed by atoms with van der Waals surface area (Å²) in [6, 6.07) is 0.752. The molecule has 4 nitrogen and oxygen atoms in total. The van der Waals surface area contributed by atoms with E-state index in [2.05, 4.69) is 15.1 Å². The molecule has 0 aromatic rings. The Kier molecular flexibility index (Phi) is 3.85. The van der Waals surface area contributed by atoms with E-state index in [9.17, 15) is 4.79 Å². The number of nitrogens with zero attached hydrogens (tertiary/aromatic N) is 2. The summed E-state index contributed by atoms with van der Waals surface area (Å²) in [4.78, 5) is 16.9. The van der Waals surface area contributed by atoms with Crippen molar-refractivity contribution in [2.75, 3.05) is 39.3 Å². The lowest BCUT2D eigenvalue weighted by atomic mass is 9.97. The third kappa shape index (κ3) is 2.69. The number of carbonyl (C=O) groups is 1. The van der Waals surface area contributed by atoms with Crippen LogP contribution in [0.2, 0.25) is 0 Å². The normalized spacial score (nSPS) is 27.4. The number of carbonyl (C=O) groups excluding carboxylic acids is 1. The van der Waals surface area contributed by atoms with E-state index in [4.69, 9.17) is 0 Å². The van der Waals surface area contributed by atoms with Gasteiger partial charge in [0.2, 0.25) is 5.91 Å². The molecule has 1 N–H and O–H groups in total. The Morgan fingerprint density at radius 2 is 1.72 bits per heavy atom. The second-order valence-electron chi connectivity index (χ2n) is 6.08. The zero-order valence-corrected chi connectivity index (χ0v) is 11.2. The van der Waals surface area contributed by atoms with Crippen molar-refractivity contribution in [3.63, 3.8) is 0 Å². The van der Waals surface area contributed by atoms with Gasteiger partial charge in [0.25, 0.3) is 0 Å². The SMILES string of the molecule is O=C(CC1CNC1)N1CCC(N2CCCC2)CC1. The van der Waals surface area contributed by atoms with Crippen LogP contribution in [0, 0.1) is 5.92 Å². The minimum absolute atomic E-state index is 0.390. The number of likely N-dealkylation sites (tertiary alicyclic amines) is 2. The molecule has 3 saturated heterocycles. The van der Waals surface area contributed by atoms with Crippen LogP contribution >= 0.6 is 0 Å². The first-order valence-corrected chi connectivity index (χ1v) is 7.55. The lowest BCUT2D eigenvalue weighted by Crippen LogP contribution is -2.49. The van der Waals surface area contributed by atoms with Crippen molar-refractivity contribution in [2.24, 2.45) is 5.92 Å². The largest absolute Gasteiger partial charge is 0.343 e. The Labute approximate surface area is 110 Å². The zero-order chi connectivity index (χ0) is 12.4. The highest BCUT2D eigenvalue weighted by Gasteiger charge is 2.29. The zero-order valence-electron chi connectivity index (χ0n) is 11.2. The average molecular weight is 251 g/mol. The maximum Gasteiger partial charge on any atom is 0.222 e. The Bertz CT molecular complexity index is 289. The average Bonchev–Trinajstić information content (AvgIpc) is 2.87. The van der Waals surface area contributed by atoms with Crippen molar-refractivity contribution in [3.8, 4) is 0 Å². The standard InChI is InChI=1S/C14H25N3O/c18-14(9-12-10-15-11-12)17-7-3-13(4-8-17)16-5-1-2-6-16/h12-13,15H,1-11H2. The molecule has 0 spiro atoms. The molecule has 1 amide bonds. The molecule has 0 aromatic carbocycles. The monoisotopic (exact) mass is 251 g/mol. The summed E-state index contributed by atoms with van der Waals surface area (Å²) >= 11 is 0. The number of amides is 1. The van der Waals surface area contributed by atoms with Gasteiger partial charge in [0.05, 0.1) is 0 Å². The fourth-order valence-corrected chi connectivity index (χ4v) is 3.46. The van der Waals surface area contributed by atoms with Gasteiger partial charge in [-0.25, -0.2) is 0 Å². The van der Waals surface area contributed by atoms with E-state index >= 15 is 0 Å². The van der Waals surface area contributed by atoms with Crippen LogP contribution in [-0.4, -0.2) is 61.0 Å². The van der Waals surface area contributed by atoms with Crippen molar-refractivity contribution in [1.82, 2.24) is 15.1 Å². The minimum Gasteiger partial charge on any atom is -0.343 e. The Balaban J connectivity index is 1.42. The highest BCUT2D eigenvalue weighted by Crippen LogP contribution is 2.22. The summed E-state index contributed by atoms with van der Waals surface area (Å²) in [5, 5.41) is 3.24. The number of nitrogens with one attached hydrogen (secondary N) is 1. The fourth-order valence-electron chi connectivity index (χ4n) is 3.46. The van der Waals surface area contributed by atoms with Crippen LogP contribution in [0.15, 0.2) is 0 Å². The summed E-state index contributed by atoms with van der Waals surface area (Å²) in [7, 11) is 0. The molecule has 0 radical (unpaired) electrons. The van der Waals surface area contributed by atoms with Crippen LogP contribution in [0.5, 0.6) is 0 Å². The quantitative estimate of drug-likeness (QED) is 0.801. The molecule has 0 unspecified atom stereocenters. The van der Waals surface area contributed by atoms with E-state index in [-0.39, 0.29) is 0 Å². The molecule has 4 heteroatoms. The molecule has 3 fully saturated rings. The Morgan fingerprint density at radius 1 is 1.06 bits per heavy atom. The van der Waals surface area contributed by atoms with Gasteiger partial charge in [-0.15, -0.1) is 0 Å². The van der Waals surface area contributed by atoms with Crippen LogP contribution in [0.3, 0.4) is 0 Å². The molecular formula is C14H25N3O. The molecule has 0 atom stereocenters. The summed E-state index contributed by atoms with van der Waals surface area (Å²) in [5.41, 5.74) is 0. The van der Waals surface area contributed by atoms with Gasteiger partial charge in [-0.1, -0.05) is 0 Å². The first-order valence-electron chi connectivity index (χ1n) is 7.55. The first-order chi connectivity index (χ1) is 8.83. The van der Waals surface area contributed by atoms with E-state index in [1.165, 1.54) is 38.8 Å². The predicted octanol–water partition coefficient (Wildman–Crippen LogP) is 0.683. The number of rotatable bonds is 3. The van der Waals surface area contributed by atoms with Gasteiger partial charge >= 0.3 is 0 Å². The molecule has 102 valence electrons. The topological polar surface area (TPSA) is 35.6 Å². The van der Waals surface area contributed by atoms with Crippen molar-refractivity contribution < 1.29 is 4.79 Å². The molecular weight excluding hydrogens is 226 g/mol. The van der Waals surface area contributed by atoms with E-state index in [0.717, 1.165) is 38.6 Å². The third-order valence-electron chi connectivity index (χ3n) is 4.80. The van der Waals surface area contributed by atoms with Gasteiger partial charge in [-0.3, -0.25) is 4.79 Å². The smallest absolute Gasteiger partial charge is 0.222 e. The van der Waals surface area contributed by atoms with Gasteiger partial charge < -0.3 is 15.1 Å². The highest BCUT2D eigenvalue weighted by atomic mass is 16.2. The van der Waals surface area contributed by atoms with E-state index in [0.29, 0.717) is 11.8 Å². The minimum atomic E-state index is 0.390. The Hall–Kier alpha value is -0.610. The molecule has 0 saturated carbocycles. The van der Waals surface area contributed by atoms with Crippen LogP contribution < -0.4 is 5.32 Å². The molecule has 0 aromatic heterocycles. The second kappa shape index (κ2) is 5.57. The molecule has 3 rings (SSSR count). The van der Waals surface area contributed by atoms with Crippen LogP contribution in [-0.2, 0) is 4.79 Å². The first kappa shape index (κ1) is 12.4. The summed E-state index contributed by atoms with van der Waals surface area (Å²) in [5.74, 6) is 0.996. The molecule has 3 aliphatic heterocycles.